The van der Waals surface area contributed by atoms with Crippen LogP contribution in [-0.2, 0) is 9.59 Å². The van der Waals surface area contributed by atoms with Crippen LogP contribution in [0.15, 0.2) is 48.2 Å². The first-order chi connectivity index (χ1) is 13.0. The Balaban J connectivity index is 1.86. The van der Waals surface area contributed by atoms with Gasteiger partial charge in [0.2, 0.25) is 0 Å². The van der Waals surface area contributed by atoms with Gasteiger partial charge >= 0.3 is 0 Å². The number of hydrogen-bond donors (Lipinski definition) is 0. The summed E-state index contributed by atoms with van der Waals surface area (Å²) in [5.41, 5.74) is 0.146. The van der Waals surface area contributed by atoms with E-state index < -0.39 is 35.0 Å². The molecule has 0 unspecified atom stereocenters. The molecule has 2 aliphatic heterocycles. The second-order valence-electron chi connectivity index (χ2n) is 6.47. The SMILES string of the molecule is O=C1C(c2ccc(F)cc2)=C(N2CCCC2)C(=O)N1c1cc(F)ccc1F. The Morgan fingerprint density at radius 3 is 2.07 bits per heavy atom. The van der Waals surface area contributed by atoms with Gasteiger partial charge in [-0.2, -0.15) is 0 Å². The number of likely N-dealkylation sites (tertiary alicyclic amines) is 1. The number of halogens is 3. The highest BCUT2D eigenvalue weighted by Crippen LogP contribution is 2.37. The van der Waals surface area contributed by atoms with Crippen molar-refractivity contribution in [1.29, 1.82) is 0 Å². The third-order valence-corrected chi connectivity index (χ3v) is 4.76. The zero-order valence-electron chi connectivity index (χ0n) is 14.2. The topological polar surface area (TPSA) is 40.6 Å². The summed E-state index contributed by atoms with van der Waals surface area (Å²) in [5.74, 6) is -3.57. The minimum absolute atomic E-state index is 0.0746. The molecule has 2 aromatic rings. The number of anilines is 1. The number of carbonyl (C=O) groups is 2. The van der Waals surface area contributed by atoms with Crippen LogP contribution in [0.25, 0.3) is 5.57 Å². The van der Waals surface area contributed by atoms with E-state index in [2.05, 4.69) is 0 Å². The van der Waals surface area contributed by atoms with E-state index in [1.54, 1.807) is 4.90 Å². The Labute approximate surface area is 153 Å². The summed E-state index contributed by atoms with van der Waals surface area (Å²) >= 11 is 0. The quantitative estimate of drug-likeness (QED) is 0.775. The molecule has 138 valence electrons. The fourth-order valence-corrected chi connectivity index (χ4v) is 3.50. The van der Waals surface area contributed by atoms with Crippen molar-refractivity contribution in [2.24, 2.45) is 0 Å². The number of carbonyl (C=O) groups excluding carboxylic acids is 2. The van der Waals surface area contributed by atoms with Gasteiger partial charge in [-0.3, -0.25) is 9.59 Å². The molecule has 0 aromatic heterocycles. The molecule has 1 fully saturated rings. The summed E-state index contributed by atoms with van der Waals surface area (Å²) in [5, 5.41) is 0. The van der Waals surface area contributed by atoms with E-state index >= 15 is 0 Å². The number of hydrogen-bond acceptors (Lipinski definition) is 3. The lowest BCUT2D eigenvalue weighted by Gasteiger charge is -2.20. The van der Waals surface area contributed by atoms with Gasteiger partial charge in [-0.05, 0) is 42.7 Å². The van der Waals surface area contributed by atoms with Crippen molar-refractivity contribution in [2.75, 3.05) is 18.0 Å². The summed E-state index contributed by atoms with van der Waals surface area (Å²) in [7, 11) is 0. The molecule has 7 heteroatoms. The molecule has 0 radical (unpaired) electrons. The maximum Gasteiger partial charge on any atom is 0.282 e. The fourth-order valence-electron chi connectivity index (χ4n) is 3.50. The summed E-state index contributed by atoms with van der Waals surface area (Å²) in [6.07, 6.45) is 1.71. The lowest BCUT2D eigenvalue weighted by molar-refractivity contribution is -0.120. The third-order valence-electron chi connectivity index (χ3n) is 4.76. The van der Waals surface area contributed by atoms with E-state index in [0.717, 1.165) is 31.0 Å². The molecule has 2 heterocycles. The first kappa shape index (κ1) is 17.3. The van der Waals surface area contributed by atoms with E-state index in [9.17, 15) is 22.8 Å². The third kappa shape index (κ3) is 2.89. The molecule has 1 saturated heterocycles. The highest BCUT2D eigenvalue weighted by atomic mass is 19.1. The Bertz CT molecular complexity index is 964. The zero-order valence-corrected chi connectivity index (χ0v) is 14.2. The van der Waals surface area contributed by atoms with Crippen LogP contribution in [0.5, 0.6) is 0 Å². The van der Waals surface area contributed by atoms with Crippen molar-refractivity contribution < 1.29 is 22.8 Å². The molecular weight excluding hydrogens is 357 g/mol. The maximum atomic E-state index is 14.3. The minimum Gasteiger partial charge on any atom is -0.366 e. The van der Waals surface area contributed by atoms with Crippen LogP contribution in [0, 0.1) is 17.5 Å². The highest BCUT2D eigenvalue weighted by Gasteiger charge is 2.43. The van der Waals surface area contributed by atoms with E-state index in [1.807, 2.05) is 0 Å². The average molecular weight is 372 g/mol. The fraction of sp³-hybridized carbons (Fsp3) is 0.200. The van der Waals surface area contributed by atoms with Crippen LogP contribution < -0.4 is 4.90 Å². The molecule has 2 aromatic carbocycles. The summed E-state index contributed by atoms with van der Waals surface area (Å²) in [4.78, 5) is 28.6. The molecule has 0 spiro atoms. The first-order valence-corrected chi connectivity index (χ1v) is 8.56. The van der Waals surface area contributed by atoms with Gasteiger partial charge in [-0.1, -0.05) is 12.1 Å². The zero-order chi connectivity index (χ0) is 19.1. The summed E-state index contributed by atoms with van der Waals surface area (Å²) < 4.78 is 41.2. The van der Waals surface area contributed by atoms with Gasteiger partial charge in [0.05, 0.1) is 11.3 Å². The normalized spacial score (nSPS) is 17.4. The predicted octanol–water partition coefficient (Wildman–Crippen LogP) is 3.48. The predicted molar refractivity (Wildman–Crippen MR) is 93.0 cm³/mol. The molecule has 0 atom stereocenters. The van der Waals surface area contributed by atoms with Gasteiger partial charge in [0.15, 0.2) is 0 Å². The van der Waals surface area contributed by atoms with Gasteiger partial charge in [0.25, 0.3) is 11.8 Å². The van der Waals surface area contributed by atoms with Crippen molar-refractivity contribution in [2.45, 2.75) is 12.8 Å². The molecular formula is C20H15F3N2O2. The monoisotopic (exact) mass is 372 g/mol. The van der Waals surface area contributed by atoms with E-state index in [4.69, 9.17) is 0 Å². The number of imide groups is 1. The summed E-state index contributed by atoms with van der Waals surface area (Å²) in [6.45, 7) is 1.16. The second kappa shape index (κ2) is 6.57. The van der Waals surface area contributed by atoms with Gasteiger partial charge in [-0.15, -0.1) is 0 Å². The van der Waals surface area contributed by atoms with Crippen molar-refractivity contribution in [1.82, 2.24) is 4.90 Å². The van der Waals surface area contributed by atoms with Crippen LogP contribution in [0.4, 0.5) is 18.9 Å². The van der Waals surface area contributed by atoms with Crippen LogP contribution >= 0.6 is 0 Å². The molecule has 2 aliphatic rings. The lowest BCUT2D eigenvalue weighted by atomic mass is 10.0. The van der Waals surface area contributed by atoms with Crippen LogP contribution in [0.3, 0.4) is 0 Å². The molecule has 0 saturated carbocycles. The Hall–Kier alpha value is -3.09. The largest absolute Gasteiger partial charge is 0.366 e. The molecule has 4 nitrogen and oxygen atoms in total. The molecule has 0 N–H and O–H groups in total. The number of rotatable bonds is 3. The van der Waals surface area contributed by atoms with Crippen molar-refractivity contribution in [3.8, 4) is 0 Å². The van der Waals surface area contributed by atoms with Crippen LogP contribution in [0.1, 0.15) is 18.4 Å². The molecule has 4 rings (SSSR count). The molecule has 0 bridgehead atoms. The van der Waals surface area contributed by atoms with Crippen molar-refractivity contribution in [3.63, 3.8) is 0 Å². The van der Waals surface area contributed by atoms with E-state index in [-0.39, 0.29) is 11.3 Å². The van der Waals surface area contributed by atoms with E-state index in [0.29, 0.717) is 23.6 Å². The van der Waals surface area contributed by atoms with Crippen molar-refractivity contribution in [3.05, 3.63) is 71.2 Å². The maximum absolute atomic E-state index is 14.3. The van der Waals surface area contributed by atoms with Gasteiger partial charge in [0.1, 0.15) is 23.1 Å². The highest BCUT2D eigenvalue weighted by molar-refractivity contribution is 6.45. The molecule has 2 amide bonds. The number of benzene rings is 2. The Morgan fingerprint density at radius 1 is 0.778 bits per heavy atom. The van der Waals surface area contributed by atoms with E-state index in [1.165, 1.54) is 24.3 Å². The van der Waals surface area contributed by atoms with Crippen LogP contribution in [-0.4, -0.2) is 29.8 Å². The smallest absolute Gasteiger partial charge is 0.282 e. The number of amides is 2. The first-order valence-electron chi connectivity index (χ1n) is 8.56. The molecule has 27 heavy (non-hydrogen) atoms. The summed E-state index contributed by atoms with van der Waals surface area (Å²) in [6, 6.07) is 7.78. The average Bonchev–Trinajstić information content (AvgIpc) is 3.25. The van der Waals surface area contributed by atoms with Crippen LogP contribution in [0.2, 0.25) is 0 Å². The van der Waals surface area contributed by atoms with Gasteiger partial charge in [0, 0.05) is 19.2 Å². The van der Waals surface area contributed by atoms with Crippen molar-refractivity contribution >= 4 is 23.1 Å². The Morgan fingerprint density at radius 2 is 1.41 bits per heavy atom. The standard InChI is InChI=1S/C20H15F3N2O2/c21-13-5-3-12(4-6-13)17-18(24-9-1-2-10-24)20(27)25(19(17)26)16-11-14(22)7-8-15(16)23/h3-8,11H,1-2,9-10H2. The second-order valence-corrected chi connectivity index (χ2v) is 6.47. The van der Waals surface area contributed by atoms with Gasteiger partial charge in [-0.25, -0.2) is 18.1 Å². The van der Waals surface area contributed by atoms with Gasteiger partial charge < -0.3 is 4.90 Å². The lowest BCUT2D eigenvalue weighted by Crippen LogP contribution is -2.35. The minimum atomic E-state index is -0.876. The molecule has 0 aliphatic carbocycles. The Kier molecular flexibility index (Phi) is 4.22. The number of nitrogens with zero attached hydrogens (tertiary/aromatic N) is 2.